The monoisotopic (exact) mass is 316 g/mol. The number of piperidine rings is 1. The summed E-state index contributed by atoms with van der Waals surface area (Å²) in [7, 11) is 1.34. The topological polar surface area (TPSA) is 96.0 Å². The number of hydrogen-bond acceptors (Lipinski definition) is 4. The second kappa shape index (κ2) is 7.99. The summed E-state index contributed by atoms with van der Waals surface area (Å²) in [6.07, 6.45) is 4.40. The van der Waals surface area contributed by atoms with Crippen molar-refractivity contribution in [3.8, 4) is 0 Å². The van der Waals surface area contributed by atoms with E-state index in [1.807, 2.05) is 0 Å². The summed E-state index contributed by atoms with van der Waals surface area (Å²) in [5, 5.41) is 6.05. The molecule has 1 amide bonds. The molecule has 0 spiro atoms. The van der Waals surface area contributed by atoms with Crippen molar-refractivity contribution in [1.29, 1.82) is 0 Å². The fraction of sp³-hybridized carbons (Fsp3) is 0.615. The normalized spacial score (nSPS) is 17.9. The van der Waals surface area contributed by atoms with Crippen LogP contribution in [0.5, 0.6) is 0 Å². The van der Waals surface area contributed by atoms with E-state index in [2.05, 4.69) is 15.6 Å². The van der Waals surface area contributed by atoms with Crippen molar-refractivity contribution >= 4 is 18.3 Å². The van der Waals surface area contributed by atoms with Crippen LogP contribution in [0.4, 0.5) is 0 Å². The molecule has 8 heteroatoms. The number of amides is 1. The highest BCUT2D eigenvalue weighted by Crippen LogP contribution is 2.12. The summed E-state index contributed by atoms with van der Waals surface area (Å²) in [5.41, 5.74) is -1.14. The Morgan fingerprint density at radius 3 is 2.90 bits per heavy atom. The number of carbonyl (C=O) groups excluding carboxylic acids is 1. The zero-order chi connectivity index (χ0) is 14.5. The molecule has 1 aromatic rings. The summed E-state index contributed by atoms with van der Waals surface area (Å²) >= 11 is 0. The minimum atomic E-state index is -0.578. The van der Waals surface area contributed by atoms with Crippen LogP contribution >= 0.6 is 12.4 Å². The van der Waals surface area contributed by atoms with Gasteiger partial charge in [-0.05, 0) is 38.3 Å². The van der Waals surface area contributed by atoms with Gasteiger partial charge in [-0.15, -0.1) is 12.4 Å². The molecule has 21 heavy (non-hydrogen) atoms. The maximum atomic E-state index is 11.9. The third kappa shape index (κ3) is 4.44. The fourth-order valence-electron chi connectivity index (χ4n) is 2.38. The highest BCUT2D eigenvalue weighted by molar-refractivity contribution is 5.93. The molecule has 7 nitrogen and oxygen atoms in total. The molecule has 0 aromatic carbocycles. The number of aromatic amines is 1. The van der Waals surface area contributed by atoms with E-state index in [-0.39, 0.29) is 18.0 Å². The summed E-state index contributed by atoms with van der Waals surface area (Å²) in [6.45, 7) is 2.58. The number of nitrogens with zero attached hydrogens (tertiary/aromatic N) is 1. The molecule has 0 radical (unpaired) electrons. The first-order valence-electron chi connectivity index (χ1n) is 6.87. The van der Waals surface area contributed by atoms with E-state index < -0.39 is 17.2 Å². The zero-order valence-electron chi connectivity index (χ0n) is 12.0. The second-order valence-corrected chi connectivity index (χ2v) is 5.13. The molecule has 118 valence electrons. The quantitative estimate of drug-likeness (QED) is 0.705. The molecule has 1 unspecified atom stereocenters. The van der Waals surface area contributed by atoms with Gasteiger partial charge in [-0.2, -0.15) is 0 Å². The molecule has 1 fully saturated rings. The highest BCUT2D eigenvalue weighted by Gasteiger charge is 2.15. The minimum absolute atomic E-state index is 0. The van der Waals surface area contributed by atoms with Gasteiger partial charge in [0.1, 0.15) is 5.56 Å². The fourth-order valence-corrected chi connectivity index (χ4v) is 2.38. The van der Waals surface area contributed by atoms with Gasteiger partial charge in [-0.1, -0.05) is 0 Å². The second-order valence-electron chi connectivity index (χ2n) is 5.13. The van der Waals surface area contributed by atoms with Crippen LogP contribution < -0.4 is 21.9 Å². The summed E-state index contributed by atoms with van der Waals surface area (Å²) in [4.78, 5) is 37.2. The average molecular weight is 317 g/mol. The largest absolute Gasteiger partial charge is 0.352 e. The Hall–Kier alpha value is -1.60. The molecule has 0 saturated carbocycles. The third-order valence-corrected chi connectivity index (χ3v) is 3.66. The van der Waals surface area contributed by atoms with E-state index >= 15 is 0 Å². The predicted octanol–water partition coefficient (Wildman–Crippen LogP) is -0.385. The lowest BCUT2D eigenvalue weighted by Crippen LogP contribution is -2.39. The summed E-state index contributed by atoms with van der Waals surface area (Å²) < 4.78 is 0.889. The van der Waals surface area contributed by atoms with E-state index in [0.29, 0.717) is 12.5 Å². The SMILES string of the molecule is Cl.Cn1c(=O)[nH]cc(C(=O)NCCC2CCCNC2)c1=O. The first-order chi connectivity index (χ1) is 9.59. The van der Waals surface area contributed by atoms with Crippen LogP contribution in [0.2, 0.25) is 0 Å². The first kappa shape index (κ1) is 17.5. The molecule has 1 atom stereocenters. The maximum absolute atomic E-state index is 11.9. The van der Waals surface area contributed by atoms with E-state index in [1.54, 1.807) is 0 Å². The Kier molecular flexibility index (Phi) is 6.64. The van der Waals surface area contributed by atoms with E-state index in [9.17, 15) is 14.4 Å². The van der Waals surface area contributed by atoms with Crippen LogP contribution in [0.15, 0.2) is 15.8 Å². The van der Waals surface area contributed by atoms with Crippen molar-refractivity contribution in [2.75, 3.05) is 19.6 Å². The zero-order valence-corrected chi connectivity index (χ0v) is 12.8. The van der Waals surface area contributed by atoms with Crippen molar-refractivity contribution in [1.82, 2.24) is 20.2 Å². The lowest BCUT2D eigenvalue weighted by atomic mass is 9.96. The molecular formula is C13H21ClN4O3. The summed E-state index contributed by atoms with van der Waals surface area (Å²) in [6, 6.07) is 0. The van der Waals surface area contributed by atoms with Gasteiger partial charge in [0, 0.05) is 19.8 Å². The molecule has 1 saturated heterocycles. The van der Waals surface area contributed by atoms with E-state index in [4.69, 9.17) is 0 Å². The molecule has 0 aliphatic carbocycles. The molecule has 1 aliphatic heterocycles. The highest BCUT2D eigenvalue weighted by atomic mass is 35.5. The van der Waals surface area contributed by atoms with Crippen LogP contribution in [0, 0.1) is 5.92 Å². The predicted molar refractivity (Wildman–Crippen MR) is 82.1 cm³/mol. The van der Waals surface area contributed by atoms with Crippen molar-refractivity contribution in [3.63, 3.8) is 0 Å². The standard InChI is InChI=1S/C13H20N4O3.ClH/c1-17-12(19)10(8-16-13(17)20)11(18)15-6-4-9-3-2-5-14-7-9;/h8-9,14H,2-7H2,1H3,(H,15,18)(H,16,20);1H. The Morgan fingerprint density at radius 2 is 2.24 bits per heavy atom. The lowest BCUT2D eigenvalue weighted by Gasteiger charge is -2.22. The first-order valence-corrected chi connectivity index (χ1v) is 6.87. The molecule has 1 aromatic heterocycles. The van der Waals surface area contributed by atoms with Gasteiger partial charge in [0.2, 0.25) is 0 Å². The van der Waals surface area contributed by atoms with Gasteiger partial charge < -0.3 is 15.6 Å². The molecule has 2 rings (SSSR count). The maximum Gasteiger partial charge on any atom is 0.328 e. The van der Waals surface area contributed by atoms with Gasteiger partial charge in [0.25, 0.3) is 11.5 Å². The number of carbonyl (C=O) groups is 1. The average Bonchev–Trinajstić information content (AvgIpc) is 2.46. The van der Waals surface area contributed by atoms with Crippen LogP contribution in [-0.2, 0) is 7.05 Å². The van der Waals surface area contributed by atoms with Crippen molar-refractivity contribution in [3.05, 3.63) is 32.6 Å². The van der Waals surface area contributed by atoms with Gasteiger partial charge in [0.15, 0.2) is 0 Å². The molecule has 2 heterocycles. The Labute approximate surface area is 128 Å². The Balaban J connectivity index is 0.00000220. The third-order valence-electron chi connectivity index (χ3n) is 3.66. The smallest absolute Gasteiger partial charge is 0.328 e. The summed E-state index contributed by atoms with van der Waals surface area (Å²) in [5.74, 6) is 0.132. The van der Waals surface area contributed by atoms with Crippen LogP contribution in [0.1, 0.15) is 29.6 Å². The lowest BCUT2D eigenvalue weighted by molar-refractivity contribution is 0.0948. The van der Waals surface area contributed by atoms with Gasteiger partial charge in [-0.25, -0.2) is 4.79 Å². The van der Waals surface area contributed by atoms with E-state index in [1.165, 1.54) is 26.1 Å². The Bertz CT molecular complexity index is 590. The van der Waals surface area contributed by atoms with Gasteiger partial charge in [-0.3, -0.25) is 14.2 Å². The Morgan fingerprint density at radius 1 is 1.48 bits per heavy atom. The van der Waals surface area contributed by atoms with Crippen molar-refractivity contribution in [2.45, 2.75) is 19.3 Å². The number of halogens is 1. The van der Waals surface area contributed by atoms with Gasteiger partial charge in [0.05, 0.1) is 0 Å². The molecule has 3 N–H and O–H groups in total. The molecule has 1 aliphatic rings. The number of aromatic nitrogens is 2. The number of rotatable bonds is 4. The molecule has 0 bridgehead atoms. The van der Waals surface area contributed by atoms with Gasteiger partial charge >= 0.3 is 5.69 Å². The van der Waals surface area contributed by atoms with Crippen LogP contribution in [0.3, 0.4) is 0 Å². The number of nitrogens with one attached hydrogen (secondary N) is 3. The number of hydrogen-bond donors (Lipinski definition) is 3. The molecular weight excluding hydrogens is 296 g/mol. The van der Waals surface area contributed by atoms with Crippen molar-refractivity contribution in [2.24, 2.45) is 13.0 Å². The number of H-pyrrole nitrogens is 1. The minimum Gasteiger partial charge on any atom is -0.352 e. The van der Waals surface area contributed by atoms with Crippen LogP contribution in [0.25, 0.3) is 0 Å². The van der Waals surface area contributed by atoms with E-state index in [0.717, 1.165) is 24.1 Å². The van der Waals surface area contributed by atoms with Crippen molar-refractivity contribution < 1.29 is 4.79 Å². The van der Waals surface area contributed by atoms with Crippen LogP contribution in [-0.4, -0.2) is 35.1 Å².